The van der Waals surface area contributed by atoms with Crippen LogP contribution >= 0.6 is 0 Å². The zero-order valence-electron chi connectivity index (χ0n) is 15.5. The van der Waals surface area contributed by atoms with Crippen LogP contribution in [0, 0.1) is 11.8 Å². The van der Waals surface area contributed by atoms with Gasteiger partial charge in [0.2, 0.25) is 0 Å². The average Bonchev–Trinajstić information content (AvgIpc) is 3.05. The molecule has 0 aliphatic carbocycles. The van der Waals surface area contributed by atoms with E-state index < -0.39 is 5.97 Å². The quantitative estimate of drug-likeness (QED) is 0.594. The molecule has 0 saturated heterocycles. The average molecular weight is 325 g/mol. The highest BCUT2D eigenvalue weighted by molar-refractivity contribution is 5.69. The van der Waals surface area contributed by atoms with E-state index in [1.54, 1.807) is 0 Å². The van der Waals surface area contributed by atoms with Crippen LogP contribution in [0.2, 0.25) is 0 Å². The lowest BCUT2D eigenvalue weighted by atomic mass is 9.99. The van der Waals surface area contributed by atoms with Crippen molar-refractivity contribution in [1.29, 1.82) is 0 Å². The van der Waals surface area contributed by atoms with Gasteiger partial charge in [-0.1, -0.05) is 59.8 Å². The standard InChI is InChI=1S/C11H20N2.C8H16O2/c1-3-5-6-11(4-2)9-13-8-7-12-10-13;1-3-5-6-7(4-2)8(9)10/h7-8,10-11H,3-6,9H2,1-2H3;7H,3-6H2,1-2H3,(H,9,10). The second-order valence-corrected chi connectivity index (χ2v) is 6.26. The van der Waals surface area contributed by atoms with Gasteiger partial charge in [-0.3, -0.25) is 4.79 Å². The number of rotatable bonds is 11. The Kier molecular flexibility index (Phi) is 13.5. The molecule has 0 aromatic carbocycles. The smallest absolute Gasteiger partial charge is 0.306 e. The van der Waals surface area contributed by atoms with Gasteiger partial charge in [-0.15, -0.1) is 0 Å². The van der Waals surface area contributed by atoms with Crippen molar-refractivity contribution in [3.63, 3.8) is 0 Å². The predicted molar refractivity (Wildman–Crippen MR) is 96.5 cm³/mol. The number of unbranched alkanes of at least 4 members (excludes halogenated alkanes) is 2. The molecule has 1 aromatic heterocycles. The molecule has 0 spiro atoms. The molecule has 2 unspecified atom stereocenters. The summed E-state index contributed by atoms with van der Waals surface area (Å²) < 4.78 is 2.18. The molecule has 4 nitrogen and oxygen atoms in total. The highest BCUT2D eigenvalue weighted by Crippen LogP contribution is 2.14. The predicted octanol–water partition coefficient (Wildman–Crippen LogP) is 5.39. The summed E-state index contributed by atoms with van der Waals surface area (Å²) >= 11 is 0. The Morgan fingerprint density at radius 1 is 1.09 bits per heavy atom. The van der Waals surface area contributed by atoms with E-state index in [0.29, 0.717) is 0 Å². The number of hydrogen-bond donors (Lipinski definition) is 1. The van der Waals surface area contributed by atoms with E-state index in [1.807, 2.05) is 19.4 Å². The number of hydrogen-bond acceptors (Lipinski definition) is 2. The number of carboxylic acids is 1. The first-order valence-electron chi connectivity index (χ1n) is 9.27. The Morgan fingerprint density at radius 3 is 2.17 bits per heavy atom. The Balaban J connectivity index is 0.000000438. The van der Waals surface area contributed by atoms with Gasteiger partial charge >= 0.3 is 5.97 Å². The third-order valence-electron chi connectivity index (χ3n) is 4.32. The van der Waals surface area contributed by atoms with Crippen LogP contribution in [0.4, 0.5) is 0 Å². The van der Waals surface area contributed by atoms with Gasteiger partial charge in [-0.2, -0.15) is 0 Å². The Hall–Kier alpha value is -1.32. The van der Waals surface area contributed by atoms with Crippen LogP contribution in [0.3, 0.4) is 0 Å². The molecule has 1 N–H and O–H groups in total. The lowest BCUT2D eigenvalue weighted by Crippen LogP contribution is -2.11. The first-order chi connectivity index (χ1) is 11.1. The summed E-state index contributed by atoms with van der Waals surface area (Å²) in [5.74, 6) is 0.0741. The van der Waals surface area contributed by atoms with Crippen molar-refractivity contribution < 1.29 is 9.90 Å². The SMILES string of the molecule is CCCCC(CC)C(=O)O.CCCCC(CC)Cn1ccnc1. The summed E-state index contributed by atoms with van der Waals surface area (Å²) in [6, 6.07) is 0. The minimum absolute atomic E-state index is 0.111. The van der Waals surface area contributed by atoms with Crippen LogP contribution in [-0.4, -0.2) is 20.6 Å². The van der Waals surface area contributed by atoms with E-state index in [1.165, 1.54) is 25.7 Å². The summed E-state index contributed by atoms with van der Waals surface area (Å²) in [5, 5.41) is 8.60. The molecule has 0 aliphatic heterocycles. The Labute approximate surface area is 142 Å². The molecule has 134 valence electrons. The zero-order valence-corrected chi connectivity index (χ0v) is 15.5. The summed E-state index contributed by atoms with van der Waals surface area (Å²) in [7, 11) is 0. The highest BCUT2D eigenvalue weighted by Gasteiger charge is 2.12. The molecular formula is C19H36N2O2. The fourth-order valence-electron chi connectivity index (χ4n) is 2.56. The molecular weight excluding hydrogens is 288 g/mol. The maximum Gasteiger partial charge on any atom is 0.306 e. The maximum absolute atomic E-state index is 10.4. The number of aliphatic carboxylic acids is 1. The van der Waals surface area contributed by atoms with Gasteiger partial charge < -0.3 is 9.67 Å². The lowest BCUT2D eigenvalue weighted by molar-refractivity contribution is -0.142. The lowest BCUT2D eigenvalue weighted by Gasteiger charge is -2.14. The highest BCUT2D eigenvalue weighted by atomic mass is 16.4. The molecule has 0 saturated carbocycles. The third kappa shape index (κ3) is 10.9. The number of aromatic nitrogens is 2. The number of carbonyl (C=O) groups is 1. The fraction of sp³-hybridized carbons (Fsp3) is 0.789. The van der Waals surface area contributed by atoms with Gasteiger partial charge in [0.25, 0.3) is 0 Å². The summed E-state index contributed by atoms with van der Waals surface area (Å²) in [6.07, 6.45) is 14.8. The molecule has 0 fully saturated rings. The van der Waals surface area contributed by atoms with Gasteiger partial charge in [0.1, 0.15) is 0 Å². The molecule has 1 heterocycles. The van der Waals surface area contributed by atoms with Crippen LogP contribution < -0.4 is 0 Å². The number of imidazole rings is 1. The van der Waals surface area contributed by atoms with Gasteiger partial charge in [0, 0.05) is 18.9 Å². The molecule has 0 radical (unpaired) electrons. The van der Waals surface area contributed by atoms with E-state index in [2.05, 4.69) is 36.5 Å². The first kappa shape index (κ1) is 21.7. The molecule has 0 bridgehead atoms. The monoisotopic (exact) mass is 324 g/mol. The van der Waals surface area contributed by atoms with Crippen molar-refractivity contribution in [1.82, 2.24) is 9.55 Å². The molecule has 0 aliphatic rings. The minimum atomic E-state index is -0.643. The van der Waals surface area contributed by atoms with Crippen LogP contribution in [-0.2, 0) is 11.3 Å². The van der Waals surface area contributed by atoms with Crippen LogP contribution in [0.5, 0.6) is 0 Å². The Bertz CT molecular complexity index is 377. The first-order valence-corrected chi connectivity index (χ1v) is 9.27. The fourth-order valence-corrected chi connectivity index (χ4v) is 2.56. The van der Waals surface area contributed by atoms with E-state index in [0.717, 1.165) is 38.1 Å². The van der Waals surface area contributed by atoms with Crippen molar-refractivity contribution in [3.05, 3.63) is 18.7 Å². The van der Waals surface area contributed by atoms with Crippen LogP contribution in [0.15, 0.2) is 18.7 Å². The minimum Gasteiger partial charge on any atom is -0.481 e. The molecule has 4 heteroatoms. The number of carboxylic acid groups (broad SMARTS) is 1. The van der Waals surface area contributed by atoms with Crippen LogP contribution in [0.1, 0.15) is 79.1 Å². The second kappa shape index (κ2) is 14.3. The van der Waals surface area contributed by atoms with E-state index >= 15 is 0 Å². The molecule has 23 heavy (non-hydrogen) atoms. The van der Waals surface area contributed by atoms with Gasteiger partial charge in [-0.05, 0) is 25.2 Å². The van der Waals surface area contributed by atoms with Gasteiger partial charge in [0.05, 0.1) is 12.2 Å². The maximum atomic E-state index is 10.4. The van der Waals surface area contributed by atoms with Crippen molar-refractivity contribution >= 4 is 5.97 Å². The summed E-state index contributed by atoms with van der Waals surface area (Å²) in [5.41, 5.74) is 0. The molecule has 1 rings (SSSR count). The van der Waals surface area contributed by atoms with Crippen molar-refractivity contribution in [2.75, 3.05) is 0 Å². The topological polar surface area (TPSA) is 55.1 Å². The van der Waals surface area contributed by atoms with Crippen molar-refractivity contribution in [2.24, 2.45) is 11.8 Å². The largest absolute Gasteiger partial charge is 0.481 e. The summed E-state index contributed by atoms with van der Waals surface area (Å²) in [4.78, 5) is 14.5. The summed E-state index contributed by atoms with van der Waals surface area (Å²) in [6.45, 7) is 9.67. The number of nitrogens with zero attached hydrogens (tertiary/aromatic N) is 2. The Morgan fingerprint density at radius 2 is 1.74 bits per heavy atom. The van der Waals surface area contributed by atoms with Gasteiger partial charge in [-0.25, -0.2) is 4.98 Å². The molecule has 2 atom stereocenters. The van der Waals surface area contributed by atoms with Crippen molar-refractivity contribution in [2.45, 2.75) is 85.6 Å². The van der Waals surface area contributed by atoms with E-state index in [-0.39, 0.29) is 5.92 Å². The molecule has 1 aromatic rings. The normalized spacial score (nSPS) is 13.0. The third-order valence-corrected chi connectivity index (χ3v) is 4.32. The van der Waals surface area contributed by atoms with E-state index in [4.69, 9.17) is 5.11 Å². The zero-order chi connectivity index (χ0) is 17.5. The van der Waals surface area contributed by atoms with Crippen molar-refractivity contribution in [3.8, 4) is 0 Å². The van der Waals surface area contributed by atoms with E-state index in [9.17, 15) is 4.79 Å². The second-order valence-electron chi connectivity index (χ2n) is 6.26. The van der Waals surface area contributed by atoms with Gasteiger partial charge in [0.15, 0.2) is 0 Å². The van der Waals surface area contributed by atoms with Crippen LogP contribution in [0.25, 0.3) is 0 Å². The molecule has 0 amide bonds.